The smallest absolute Gasteiger partial charge is 0.211 e. The van der Waals surface area contributed by atoms with E-state index in [4.69, 9.17) is 6.57 Å². The summed E-state index contributed by atoms with van der Waals surface area (Å²) in [5.41, 5.74) is 5.87. The maximum Gasteiger partial charge on any atom is 0.211 e. The summed E-state index contributed by atoms with van der Waals surface area (Å²) in [4.78, 5) is 4.04. The van der Waals surface area contributed by atoms with E-state index in [1.807, 2.05) is 12.1 Å². The fraction of sp³-hybridized carbons (Fsp3) is 0. The molecule has 46 heavy (non-hydrogen) atoms. The summed E-state index contributed by atoms with van der Waals surface area (Å²) in [6.07, 6.45) is 0. The van der Waals surface area contributed by atoms with Crippen LogP contribution in [0.5, 0.6) is 0 Å². The summed E-state index contributed by atoms with van der Waals surface area (Å²) in [6.45, 7) is 8.18. The number of fused-ring (bicyclic) bond motifs is 3. The minimum atomic E-state index is -2.63. The normalized spacial score (nSPS) is 11.5. The second-order valence-corrected chi connectivity index (χ2v) is 15.4. The molecule has 0 bridgehead atoms. The van der Waals surface area contributed by atoms with E-state index in [2.05, 4.69) is 179 Å². The molecule has 8 aromatic rings. The molecule has 0 radical (unpaired) electrons. The minimum absolute atomic E-state index is 0.634. The maximum atomic E-state index is 8.18. The highest BCUT2D eigenvalue weighted by Crippen LogP contribution is 2.40. The Balaban J connectivity index is 1.37. The number of aromatic nitrogens is 1. The van der Waals surface area contributed by atoms with Crippen molar-refractivity contribution in [2.24, 2.45) is 0 Å². The van der Waals surface area contributed by atoms with Crippen LogP contribution in [0.25, 0.3) is 43.5 Å². The van der Waals surface area contributed by atoms with Crippen molar-refractivity contribution in [1.29, 1.82) is 0 Å². The predicted molar refractivity (Wildman–Crippen MR) is 196 cm³/mol. The van der Waals surface area contributed by atoms with E-state index in [1.165, 1.54) is 31.5 Å². The zero-order chi connectivity index (χ0) is 30.9. The lowest BCUT2D eigenvalue weighted by Gasteiger charge is -2.34. The molecule has 0 saturated heterocycles. The van der Waals surface area contributed by atoms with Gasteiger partial charge in [0.15, 0.2) is 8.07 Å². The molecule has 0 aliphatic rings. The molecular weight excluding hydrogens is 573 g/mol. The number of para-hydroxylation sites is 3. The van der Waals surface area contributed by atoms with Gasteiger partial charge in [0.05, 0.1) is 23.3 Å². The summed E-state index contributed by atoms with van der Waals surface area (Å²) < 4.78 is 2.28. The highest BCUT2D eigenvalue weighted by Gasteiger charge is 2.41. The monoisotopic (exact) mass is 602 g/mol. The van der Waals surface area contributed by atoms with Gasteiger partial charge in [-0.1, -0.05) is 170 Å². The Bertz CT molecular complexity index is 2200. The number of hydrogen-bond donors (Lipinski definition) is 0. The molecule has 0 unspecified atom stereocenters. The lowest BCUT2D eigenvalue weighted by molar-refractivity contribution is 1.19. The van der Waals surface area contributed by atoms with E-state index < -0.39 is 8.07 Å². The van der Waals surface area contributed by atoms with Crippen molar-refractivity contribution < 1.29 is 0 Å². The maximum absolute atomic E-state index is 8.18. The third-order valence-electron chi connectivity index (χ3n) is 9.19. The SMILES string of the molecule is [C-]#[N+]c1cccc(-c2ccc([Si](c3ccccc3)(c3ccccc3)c3ccccc3)cc2)c1-n1c2ccccc2c2ccccc21. The molecule has 2 nitrogen and oxygen atoms in total. The van der Waals surface area contributed by atoms with Crippen molar-refractivity contribution in [3.8, 4) is 16.8 Å². The summed E-state index contributed by atoms with van der Waals surface area (Å²) in [5.74, 6) is 0. The molecule has 0 saturated carbocycles. The minimum Gasteiger partial charge on any atom is -0.318 e. The van der Waals surface area contributed by atoms with Gasteiger partial charge in [0.1, 0.15) is 0 Å². The van der Waals surface area contributed by atoms with Gasteiger partial charge in [0, 0.05) is 10.8 Å². The molecule has 216 valence electrons. The van der Waals surface area contributed by atoms with Gasteiger partial charge in [-0.05, 0) is 44.0 Å². The zero-order valence-electron chi connectivity index (χ0n) is 25.2. The van der Waals surface area contributed by atoms with Crippen LogP contribution in [0.1, 0.15) is 0 Å². The van der Waals surface area contributed by atoms with Crippen LogP contribution in [0.15, 0.2) is 182 Å². The molecule has 0 aliphatic heterocycles. The third-order valence-corrected chi connectivity index (χ3v) is 14.0. The summed E-state index contributed by atoms with van der Waals surface area (Å²) >= 11 is 0. The second-order valence-electron chi connectivity index (χ2n) is 11.6. The highest BCUT2D eigenvalue weighted by molar-refractivity contribution is 7.19. The molecule has 0 fully saturated rings. The summed E-state index contributed by atoms with van der Waals surface area (Å²) in [7, 11) is -2.63. The molecule has 8 rings (SSSR count). The van der Waals surface area contributed by atoms with Crippen LogP contribution in [0.4, 0.5) is 5.69 Å². The van der Waals surface area contributed by atoms with E-state index in [9.17, 15) is 0 Å². The Morgan fingerprint density at radius 3 is 1.33 bits per heavy atom. The molecule has 3 heteroatoms. The van der Waals surface area contributed by atoms with Gasteiger partial charge in [0.2, 0.25) is 5.69 Å². The lowest BCUT2D eigenvalue weighted by Crippen LogP contribution is -2.74. The predicted octanol–water partition coefficient (Wildman–Crippen LogP) is 8.38. The van der Waals surface area contributed by atoms with E-state index in [-0.39, 0.29) is 0 Å². The Morgan fingerprint density at radius 1 is 0.413 bits per heavy atom. The van der Waals surface area contributed by atoms with E-state index >= 15 is 0 Å². The first-order chi connectivity index (χ1) is 22.8. The second kappa shape index (κ2) is 11.5. The van der Waals surface area contributed by atoms with E-state index in [1.54, 1.807) is 0 Å². The van der Waals surface area contributed by atoms with Gasteiger partial charge in [-0.25, -0.2) is 4.85 Å². The Hall–Kier alpha value is -5.95. The highest BCUT2D eigenvalue weighted by atomic mass is 28.3. The first-order valence-electron chi connectivity index (χ1n) is 15.6. The van der Waals surface area contributed by atoms with Gasteiger partial charge in [0.25, 0.3) is 0 Å². The molecule has 0 spiro atoms. The number of benzene rings is 7. The topological polar surface area (TPSA) is 9.29 Å². The van der Waals surface area contributed by atoms with Crippen molar-refractivity contribution in [3.05, 3.63) is 193 Å². The standard InChI is InChI=1S/C43H30N2Si/c1-44-40-25-15-24-37(43(40)45-41-26-13-11-22-38(41)39-23-12-14-27-42(39)45)32-28-30-36(31-29-32)46(33-16-5-2-6-17-33,34-18-7-3-8-19-34)35-20-9-4-10-21-35/h2-31H. The largest absolute Gasteiger partial charge is 0.318 e. The first kappa shape index (κ1) is 27.6. The van der Waals surface area contributed by atoms with Crippen LogP contribution in [0.3, 0.4) is 0 Å². The number of nitrogens with zero attached hydrogens (tertiary/aromatic N) is 2. The average Bonchev–Trinajstić information content (AvgIpc) is 3.47. The Morgan fingerprint density at radius 2 is 0.848 bits per heavy atom. The van der Waals surface area contributed by atoms with Gasteiger partial charge < -0.3 is 4.57 Å². The van der Waals surface area contributed by atoms with Gasteiger partial charge >= 0.3 is 0 Å². The Labute approximate surface area is 270 Å². The van der Waals surface area contributed by atoms with Crippen LogP contribution < -0.4 is 20.7 Å². The number of rotatable bonds is 6. The molecule has 0 amide bonds. The summed E-state index contributed by atoms with van der Waals surface area (Å²) in [6, 6.07) is 65.2. The number of hydrogen-bond acceptors (Lipinski definition) is 0. The van der Waals surface area contributed by atoms with Gasteiger partial charge in [-0.2, -0.15) is 0 Å². The molecular formula is C43H30N2Si. The van der Waals surface area contributed by atoms with Crippen LogP contribution in [0.2, 0.25) is 0 Å². The molecule has 1 heterocycles. The first-order valence-corrected chi connectivity index (χ1v) is 17.6. The van der Waals surface area contributed by atoms with Crippen LogP contribution in [-0.4, -0.2) is 12.6 Å². The molecule has 7 aromatic carbocycles. The van der Waals surface area contributed by atoms with Gasteiger partial charge in [-0.3, -0.25) is 0 Å². The molecule has 1 aromatic heterocycles. The quantitative estimate of drug-likeness (QED) is 0.103. The fourth-order valence-electron chi connectivity index (χ4n) is 7.22. The fourth-order valence-corrected chi connectivity index (χ4v) is 12.0. The van der Waals surface area contributed by atoms with Gasteiger partial charge in [-0.15, -0.1) is 0 Å². The van der Waals surface area contributed by atoms with Crippen molar-refractivity contribution in [3.63, 3.8) is 0 Å². The van der Waals surface area contributed by atoms with Crippen molar-refractivity contribution in [2.45, 2.75) is 0 Å². The van der Waals surface area contributed by atoms with Crippen LogP contribution in [0, 0.1) is 6.57 Å². The molecule has 0 aliphatic carbocycles. The third kappa shape index (κ3) is 4.31. The molecule has 0 atom stereocenters. The van der Waals surface area contributed by atoms with E-state index in [0.717, 1.165) is 27.8 Å². The van der Waals surface area contributed by atoms with Crippen molar-refractivity contribution in [1.82, 2.24) is 4.57 Å². The van der Waals surface area contributed by atoms with E-state index in [0.29, 0.717) is 5.69 Å². The lowest BCUT2D eigenvalue weighted by atomic mass is 10.0. The zero-order valence-corrected chi connectivity index (χ0v) is 26.2. The van der Waals surface area contributed by atoms with Crippen LogP contribution >= 0.6 is 0 Å². The average molecular weight is 603 g/mol. The Kier molecular flexibility index (Phi) is 6.91. The summed E-state index contributed by atoms with van der Waals surface area (Å²) in [5, 5.41) is 7.73. The van der Waals surface area contributed by atoms with Crippen molar-refractivity contribution in [2.75, 3.05) is 0 Å². The molecule has 0 N–H and O–H groups in total. The van der Waals surface area contributed by atoms with Crippen molar-refractivity contribution >= 4 is 56.3 Å². The van der Waals surface area contributed by atoms with Crippen LogP contribution in [-0.2, 0) is 0 Å².